The number of nitrogens with zero attached hydrogens (tertiary/aromatic N) is 3. The van der Waals surface area contributed by atoms with Crippen LogP contribution in [0, 0.1) is 0 Å². The number of amidine groups is 1. The van der Waals surface area contributed by atoms with Crippen molar-refractivity contribution in [3.05, 3.63) is 40.6 Å². The van der Waals surface area contributed by atoms with Gasteiger partial charge in [0.2, 0.25) is 0 Å². The second-order valence-corrected chi connectivity index (χ2v) is 4.42. The number of rotatable bonds is 6. The van der Waals surface area contributed by atoms with Crippen LogP contribution in [-0.2, 0) is 6.54 Å². The monoisotopic (exact) mass is 294 g/mol. The molecule has 0 atom stereocenters. The summed E-state index contributed by atoms with van der Waals surface area (Å²) < 4.78 is 0. The van der Waals surface area contributed by atoms with E-state index < -0.39 is 0 Å². The number of hydrogen-bond donors (Lipinski definition) is 3. The Labute approximate surface area is 123 Å². The number of nitrogens with one attached hydrogen (secondary N) is 1. The summed E-state index contributed by atoms with van der Waals surface area (Å²) in [6, 6.07) is 3.59. The van der Waals surface area contributed by atoms with Gasteiger partial charge in [-0.3, -0.25) is 4.99 Å². The van der Waals surface area contributed by atoms with E-state index in [4.69, 9.17) is 23.1 Å². The van der Waals surface area contributed by atoms with Crippen LogP contribution >= 0.6 is 11.6 Å². The lowest BCUT2D eigenvalue weighted by molar-refractivity contribution is 0.864. The number of aromatic nitrogens is 1. The molecular weight excluding hydrogens is 276 g/mol. The van der Waals surface area contributed by atoms with Crippen molar-refractivity contribution in [2.75, 3.05) is 6.54 Å². The fraction of sp³-hybridized carbons (Fsp3) is 0.308. The topological polar surface area (TPSA) is 102 Å². The quantitative estimate of drug-likeness (QED) is 0.419. The van der Waals surface area contributed by atoms with Gasteiger partial charge in [0.1, 0.15) is 22.5 Å². The van der Waals surface area contributed by atoms with Crippen LogP contribution in [0.1, 0.15) is 18.9 Å². The van der Waals surface area contributed by atoms with Crippen molar-refractivity contribution in [2.45, 2.75) is 19.9 Å². The first-order chi connectivity index (χ1) is 9.58. The lowest BCUT2D eigenvalue weighted by atomic mass is 10.3. The van der Waals surface area contributed by atoms with Crippen molar-refractivity contribution in [1.29, 1.82) is 0 Å². The summed E-state index contributed by atoms with van der Waals surface area (Å²) in [5, 5.41) is 3.57. The molecule has 0 radical (unpaired) electrons. The standard InChI is InChI=1S/C13H19ClN6/c1-3-6-18-13(11(15)12(16)17-2)20-8-9-4-5-10(14)19-7-9/h4-5,7H,2-3,6,8,15-16H2,1H3,(H,18,20)/b12-11+. The third kappa shape index (κ3) is 4.89. The van der Waals surface area contributed by atoms with Gasteiger partial charge >= 0.3 is 0 Å². The Kier molecular flexibility index (Phi) is 6.52. The third-order valence-electron chi connectivity index (χ3n) is 2.44. The predicted octanol–water partition coefficient (Wildman–Crippen LogP) is 1.42. The zero-order chi connectivity index (χ0) is 15.0. The van der Waals surface area contributed by atoms with Crippen LogP contribution in [0.2, 0.25) is 5.15 Å². The molecule has 20 heavy (non-hydrogen) atoms. The number of pyridine rings is 1. The lowest BCUT2D eigenvalue weighted by Gasteiger charge is -2.11. The second kappa shape index (κ2) is 8.16. The number of halogens is 1. The highest BCUT2D eigenvalue weighted by molar-refractivity contribution is 6.29. The van der Waals surface area contributed by atoms with Gasteiger partial charge in [0.15, 0.2) is 0 Å². The lowest BCUT2D eigenvalue weighted by Crippen LogP contribution is -2.31. The molecule has 0 aliphatic heterocycles. The van der Waals surface area contributed by atoms with E-state index in [-0.39, 0.29) is 11.5 Å². The molecule has 0 saturated heterocycles. The number of hydrogen-bond acceptors (Lipinski definition) is 5. The Balaban J connectivity index is 2.81. The van der Waals surface area contributed by atoms with Gasteiger partial charge in [-0.1, -0.05) is 24.6 Å². The summed E-state index contributed by atoms with van der Waals surface area (Å²) in [5.74, 6) is 0.660. The Hall–Kier alpha value is -2.08. The molecule has 6 nitrogen and oxygen atoms in total. The maximum Gasteiger partial charge on any atom is 0.149 e. The van der Waals surface area contributed by atoms with Crippen LogP contribution in [-0.4, -0.2) is 24.1 Å². The maximum atomic E-state index is 5.89. The molecule has 0 aliphatic rings. The minimum absolute atomic E-state index is 0.154. The molecule has 0 spiro atoms. The molecule has 1 rings (SSSR count). The minimum Gasteiger partial charge on any atom is -0.393 e. The van der Waals surface area contributed by atoms with Crippen molar-refractivity contribution < 1.29 is 0 Å². The van der Waals surface area contributed by atoms with Crippen LogP contribution in [0.25, 0.3) is 0 Å². The van der Waals surface area contributed by atoms with E-state index in [0.29, 0.717) is 24.1 Å². The van der Waals surface area contributed by atoms with Crippen molar-refractivity contribution in [2.24, 2.45) is 21.5 Å². The number of nitrogens with two attached hydrogens (primary N) is 2. The van der Waals surface area contributed by atoms with E-state index in [0.717, 1.165) is 12.0 Å². The highest BCUT2D eigenvalue weighted by Crippen LogP contribution is 2.05. The average Bonchev–Trinajstić information content (AvgIpc) is 2.47. The van der Waals surface area contributed by atoms with Crippen molar-refractivity contribution in [3.63, 3.8) is 0 Å². The highest BCUT2D eigenvalue weighted by atomic mass is 35.5. The van der Waals surface area contributed by atoms with E-state index in [2.05, 4.69) is 27.0 Å². The molecule has 5 N–H and O–H groups in total. The summed E-state index contributed by atoms with van der Waals surface area (Å²) in [5.41, 5.74) is 12.8. The van der Waals surface area contributed by atoms with E-state index >= 15 is 0 Å². The zero-order valence-electron chi connectivity index (χ0n) is 11.4. The van der Waals surface area contributed by atoms with Gasteiger partial charge in [-0.15, -0.1) is 0 Å². The fourth-order valence-corrected chi connectivity index (χ4v) is 1.47. The molecule has 1 heterocycles. The smallest absolute Gasteiger partial charge is 0.149 e. The van der Waals surface area contributed by atoms with E-state index in [9.17, 15) is 0 Å². The first-order valence-electron chi connectivity index (χ1n) is 6.19. The van der Waals surface area contributed by atoms with Crippen molar-refractivity contribution in [1.82, 2.24) is 10.3 Å². The Morgan fingerprint density at radius 1 is 1.45 bits per heavy atom. The fourth-order valence-electron chi connectivity index (χ4n) is 1.36. The van der Waals surface area contributed by atoms with Crippen LogP contribution < -0.4 is 16.8 Å². The molecule has 7 heteroatoms. The Bertz CT molecular complexity index is 506. The van der Waals surface area contributed by atoms with E-state index in [1.807, 2.05) is 13.0 Å². The largest absolute Gasteiger partial charge is 0.393 e. The third-order valence-corrected chi connectivity index (χ3v) is 2.67. The molecule has 0 saturated carbocycles. The van der Waals surface area contributed by atoms with E-state index in [1.54, 1.807) is 12.3 Å². The summed E-state index contributed by atoms with van der Waals surface area (Å²) >= 11 is 5.74. The summed E-state index contributed by atoms with van der Waals surface area (Å²) in [6.07, 6.45) is 2.59. The van der Waals surface area contributed by atoms with Gasteiger partial charge in [-0.2, -0.15) is 0 Å². The van der Waals surface area contributed by atoms with Crippen LogP contribution in [0.3, 0.4) is 0 Å². The molecular formula is C13H19ClN6. The molecule has 1 aromatic heterocycles. The van der Waals surface area contributed by atoms with Crippen LogP contribution in [0.5, 0.6) is 0 Å². The first kappa shape index (κ1) is 16.0. The van der Waals surface area contributed by atoms with Gasteiger partial charge in [0.25, 0.3) is 0 Å². The summed E-state index contributed by atoms with van der Waals surface area (Å²) in [4.78, 5) is 12.0. The Morgan fingerprint density at radius 2 is 2.20 bits per heavy atom. The summed E-state index contributed by atoms with van der Waals surface area (Å²) in [7, 11) is 0. The first-order valence-corrected chi connectivity index (χ1v) is 6.57. The molecule has 1 aromatic rings. The normalized spacial score (nSPS) is 12.8. The van der Waals surface area contributed by atoms with Crippen molar-refractivity contribution >= 4 is 24.2 Å². The molecule has 0 bridgehead atoms. The minimum atomic E-state index is 0.154. The van der Waals surface area contributed by atoms with E-state index in [1.165, 1.54) is 0 Å². The zero-order valence-corrected chi connectivity index (χ0v) is 12.2. The maximum absolute atomic E-state index is 5.89. The van der Waals surface area contributed by atoms with Gasteiger partial charge in [-0.25, -0.2) is 9.98 Å². The SMILES string of the molecule is C=N/C(N)=C(N)\C(=N/CCC)NCc1ccc(Cl)nc1. The van der Waals surface area contributed by atoms with Gasteiger partial charge in [0.05, 0.1) is 0 Å². The van der Waals surface area contributed by atoms with Crippen LogP contribution in [0.4, 0.5) is 0 Å². The molecule has 0 amide bonds. The van der Waals surface area contributed by atoms with Crippen LogP contribution in [0.15, 0.2) is 39.8 Å². The van der Waals surface area contributed by atoms with Gasteiger partial charge in [0, 0.05) is 19.3 Å². The van der Waals surface area contributed by atoms with Gasteiger partial charge < -0.3 is 16.8 Å². The summed E-state index contributed by atoms with van der Waals surface area (Å²) in [6.45, 7) is 6.54. The molecule has 0 fully saturated rings. The molecule has 0 aromatic carbocycles. The predicted molar refractivity (Wildman–Crippen MR) is 83.6 cm³/mol. The molecule has 108 valence electrons. The van der Waals surface area contributed by atoms with Crippen molar-refractivity contribution in [3.8, 4) is 0 Å². The molecule has 0 aliphatic carbocycles. The second-order valence-electron chi connectivity index (χ2n) is 4.03. The number of aliphatic imine (C=N–C) groups is 2. The van der Waals surface area contributed by atoms with Gasteiger partial charge in [-0.05, 0) is 24.8 Å². The Morgan fingerprint density at radius 3 is 2.75 bits per heavy atom. The average molecular weight is 295 g/mol. The molecule has 0 unspecified atom stereocenters. The highest BCUT2D eigenvalue weighted by Gasteiger charge is 2.07.